The molecule has 6 heteroatoms. The second-order valence-corrected chi connectivity index (χ2v) is 4.01. The average molecular weight is 224 g/mol. The molecule has 0 spiro atoms. The summed E-state index contributed by atoms with van der Waals surface area (Å²) >= 11 is 0. The van der Waals surface area contributed by atoms with Gasteiger partial charge < -0.3 is 10.0 Å². The number of rotatable bonds is 3. The van der Waals surface area contributed by atoms with E-state index in [2.05, 4.69) is 10.3 Å². The number of hydrogen-bond acceptors (Lipinski definition) is 4. The Balaban J connectivity index is 1.90. The van der Waals surface area contributed by atoms with Crippen molar-refractivity contribution in [1.82, 2.24) is 19.9 Å². The van der Waals surface area contributed by atoms with Gasteiger partial charge in [-0.15, -0.1) is 5.10 Å². The number of aliphatic hydroxyl groups excluding tert-OH is 1. The first-order valence-electron chi connectivity index (χ1n) is 5.57. The third kappa shape index (κ3) is 2.57. The number of piperidine rings is 1. The second kappa shape index (κ2) is 5.07. The van der Waals surface area contributed by atoms with Crippen LogP contribution in [0.15, 0.2) is 6.20 Å². The number of carbonyl (C=O) groups is 1. The third-order valence-corrected chi connectivity index (χ3v) is 2.75. The van der Waals surface area contributed by atoms with Crippen molar-refractivity contribution in [1.29, 1.82) is 0 Å². The lowest BCUT2D eigenvalue weighted by molar-refractivity contribution is -0.132. The smallest absolute Gasteiger partial charge is 0.244 e. The van der Waals surface area contributed by atoms with Crippen LogP contribution in [0.5, 0.6) is 0 Å². The van der Waals surface area contributed by atoms with Crippen molar-refractivity contribution in [3.63, 3.8) is 0 Å². The van der Waals surface area contributed by atoms with E-state index in [1.54, 1.807) is 6.20 Å². The van der Waals surface area contributed by atoms with Crippen molar-refractivity contribution in [3.8, 4) is 0 Å². The maximum atomic E-state index is 11.8. The van der Waals surface area contributed by atoms with Gasteiger partial charge in [-0.3, -0.25) is 4.79 Å². The van der Waals surface area contributed by atoms with Crippen molar-refractivity contribution in [2.24, 2.45) is 0 Å². The average Bonchev–Trinajstić information content (AvgIpc) is 2.78. The number of carbonyl (C=O) groups excluding carboxylic acids is 1. The summed E-state index contributed by atoms with van der Waals surface area (Å²) in [7, 11) is 0. The van der Waals surface area contributed by atoms with Gasteiger partial charge in [0.15, 0.2) is 0 Å². The van der Waals surface area contributed by atoms with Crippen LogP contribution in [-0.4, -0.2) is 44.0 Å². The molecule has 0 aliphatic carbocycles. The topological polar surface area (TPSA) is 71.2 Å². The Morgan fingerprint density at radius 1 is 1.38 bits per heavy atom. The second-order valence-electron chi connectivity index (χ2n) is 4.01. The van der Waals surface area contributed by atoms with Crippen LogP contribution in [0.2, 0.25) is 0 Å². The molecule has 88 valence electrons. The number of nitrogens with zero attached hydrogens (tertiary/aromatic N) is 4. The van der Waals surface area contributed by atoms with Gasteiger partial charge in [-0.25, -0.2) is 4.68 Å². The molecule has 2 heterocycles. The monoisotopic (exact) mass is 224 g/mol. The van der Waals surface area contributed by atoms with Crippen LogP contribution in [0, 0.1) is 0 Å². The summed E-state index contributed by atoms with van der Waals surface area (Å²) in [6.45, 7) is 1.77. The van der Waals surface area contributed by atoms with Gasteiger partial charge in [0.1, 0.15) is 12.2 Å². The zero-order chi connectivity index (χ0) is 11.4. The van der Waals surface area contributed by atoms with Gasteiger partial charge >= 0.3 is 0 Å². The minimum absolute atomic E-state index is 0.0779. The van der Waals surface area contributed by atoms with E-state index in [1.165, 1.54) is 11.1 Å². The zero-order valence-corrected chi connectivity index (χ0v) is 9.17. The van der Waals surface area contributed by atoms with E-state index in [4.69, 9.17) is 5.11 Å². The third-order valence-electron chi connectivity index (χ3n) is 2.75. The quantitative estimate of drug-likeness (QED) is 0.770. The summed E-state index contributed by atoms with van der Waals surface area (Å²) in [5.74, 6) is 0.0779. The molecular formula is C10H16N4O2. The molecule has 6 nitrogen and oxygen atoms in total. The lowest BCUT2D eigenvalue weighted by Gasteiger charge is -2.26. The Hall–Kier alpha value is -1.43. The van der Waals surface area contributed by atoms with Crippen molar-refractivity contribution < 1.29 is 9.90 Å². The fourth-order valence-electron chi connectivity index (χ4n) is 1.87. The maximum Gasteiger partial charge on any atom is 0.244 e. The van der Waals surface area contributed by atoms with Crippen LogP contribution >= 0.6 is 0 Å². The first-order valence-corrected chi connectivity index (χ1v) is 5.57. The predicted octanol–water partition coefficient (Wildman–Crippen LogP) is -0.217. The van der Waals surface area contributed by atoms with Crippen LogP contribution < -0.4 is 0 Å². The fraction of sp³-hybridized carbons (Fsp3) is 0.700. The minimum atomic E-state index is -0.141. The molecule has 1 fully saturated rings. The Labute approximate surface area is 93.9 Å². The molecule has 1 N–H and O–H groups in total. The first kappa shape index (κ1) is 11.1. The zero-order valence-electron chi connectivity index (χ0n) is 9.17. The molecule has 0 atom stereocenters. The van der Waals surface area contributed by atoms with Gasteiger partial charge in [0.25, 0.3) is 0 Å². The lowest BCUT2D eigenvalue weighted by Crippen LogP contribution is -2.37. The molecule has 0 bridgehead atoms. The molecule has 0 radical (unpaired) electrons. The van der Waals surface area contributed by atoms with E-state index >= 15 is 0 Å². The van der Waals surface area contributed by atoms with Gasteiger partial charge in [0.05, 0.1) is 12.8 Å². The fourth-order valence-corrected chi connectivity index (χ4v) is 1.87. The summed E-state index contributed by atoms with van der Waals surface area (Å²) in [4.78, 5) is 13.7. The number of likely N-dealkylation sites (tertiary alicyclic amines) is 1. The molecular weight excluding hydrogens is 208 g/mol. The van der Waals surface area contributed by atoms with Gasteiger partial charge in [-0.05, 0) is 19.3 Å². The normalized spacial score (nSPS) is 16.4. The van der Waals surface area contributed by atoms with E-state index < -0.39 is 0 Å². The van der Waals surface area contributed by atoms with E-state index in [0.29, 0.717) is 5.69 Å². The van der Waals surface area contributed by atoms with Crippen LogP contribution in [0.3, 0.4) is 0 Å². The number of amides is 1. The lowest BCUT2D eigenvalue weighted by atomic mass is 10.1. The Kier molecular flexibility index (Phi) is 3.51. The van der Waals surface area contributed by atoms with Crippen LogP contribution in [-0.2, 0) is 17.9 Å². The van der Waals surface area contributed by atoms with Gasteiger partial charge in [0, 0.05) is 13.1 Å². The van der Waals surface area contributed by atoms with E-state index in [-0.39, 0.29) is 19.1 Å². The predicted molar refractivity (Wildman–Crippen MR) is 56.4 cm³/mol. The summed E-state index contributed by atoms with van der Waals surface area (Å²) in [6.07, 6.45) is 4.99. The Morgan fingerprint density at radius 3 is 2.75 bits per heavy atom. The standard InChI is InChI=1S/C10H16N4O2/c15-8-9-6-14(12-11-9)7-10(16)13-4-2-1-3-5-13/h6,15H,1-5,7-8H2. The largest absolute Gasteiger partial charge is 0.390 e. The molecule has 0 saturated carbocycles. The van der Waals surface area contributed by atoms with Crippen molar-refractivity contribution in [2.45, 2.75) is 32.4 Å². The summed E-state index contributed by atoms with van der Waals surface area (Å²) < 4.78 is 1.47. The Bertz CT molecular complexity index is 357. The number of aromatic nitrogens is 3. The molecule has 0 aromatic carbocycles. The molecule has 1 aliphatic rings. The van der Waals surface area contributed by atoms with E-state index in [0.717, 1.165) is 25.9 Å². The van der Waals surface area contributed by atoms with Crippen molar-refractivity contribution >= 4 is 5.91 Å². The molecule has 1 amide bonds. The van der Waals surface area contributed by atoms with Crippen molar-refractivity contribution in [3.05, 3.63) is 11.9 Å². The summed E-state index contributed by atoms with van der Waals surface area (Å²) in [6, 6.07) is 0. The van der Waals surface area contributed by atoms with Crippen molar-refractivity contribution in [2.75, 3.05) is 13.1 Å². The minimum Gasteiger partial charge on any atom is -0.390 e. The molecule has 16 heavy (non-hydrogen) atoms. The summed E-state index contributed by atoms with van der Waals surface area (Å²) in [5, 5.41) is 16.3. The Morgan fingerprint density at radius 2 is 2.12 bits per heavy atom. The molecule has 1 aromatic heterocycles. The molecule has 0 unspecified atom stereocenters. The number of hydrogen-bond donors (Lipinski definition) is 1. The van der Waals surface area contributed by atoms with Gasteiger partial charge in [0.2, 0.25) is 5.91 Å². The van der Waals surface area contributed by atoms with Crippen LogP contribution in [0.1, 0.15) is 25.0 Å². The SMILES string of the molecule is O=C(Cn1cc(CO)nn1)N1CCCCC1. The molecule has 1 saturated heterocycles. The maximum absolute atomic E-state index is 11.8. The van der Waals surface area contributed by atoms with Gasteiger partial charge in [-0.1, -0.05) is 5.21 Å². The molecule has 2 rings (SSSR count). The first-order chi connectivity index (χ1) is 7.79. The van der Waals surface area contributed by atoms with Gasteiger partial charge in [-0.2, -0.15) is 0 Å². The highest BCUT2D eigenvalue weighted by molar-refractivity contribution is 5.75. The van der Waals surface area contributed by atoms with E-state index in [9.17, 15) is 4.79 Å². The highest BCUT2D eigenvalue weighted by atomic mass is 16.3. The highest BCUT2D eigenvalue weighted by Gasteiger charge is 2.17. The van der Waals surface area contributed by atoms with Crippen LogP contribution in [0.25, 0.3) is 0 Å². The number of aliphatic hydroxyl groups is 1. The van der Waals surface area contributed by atoms with E-state index in [1.807, 2.05) is 4.90 Å². The summed E-state index contributed by atoms with van der Waals surface area (Å²) in [5.41, 5.74) is 0.492. The highest BCUT2D eigenvalue weighted by Crippen LogP contribution is 2.09. The molecule has 1 aliphatic heterocycles. The molecule has 1 aromatic rings. The van der Waals surface area contributed by atoms with Crippen LogP contribution in [0.4, 0.5) is 0 Å².